The lowest BCUT2D eigenvalue weighted by Crippen LogP contribution is -2.55. The van der Waals surface area contributed by atoms with Crippen molar-refractivity contribution in [3.63, 3.8) is 0 Å². The molecule has 2 aliphatic heterocycles. The molecule has 4 rings (SSSR count). The van der Waals surface area contributed by atoms with E-state index >= 15 is 0 Å². The van der Waals surface area contributed by atoms with Gasteiger partial charge in [-0.2, -0.15) is 5.01 Å². The highest BCUT2D eigenvalue weighted by atomic mass is 16.3. The van der Waals surface area contributed by atoms with Crippen LogP contribution in [0.4, 0.5) is 5.82 Å². The van der Waals surface area contributed by atoms with Gasteiger partial charge in [-0.05, 0) is 24.3 Å². The number of imide groups is 1. The molecule has 3 N–H and O–H groups in total. The number of pyridine rings is 1. The summed E-state index contributed by atoms with van der Waals surface area (Å²) in [5, 5.41) is 14.9. The van der Waals surface area contributed by atoms with Crippen LogP contribution in [0.1, 0.15) is 11.8 Å². The lowest BCUT2D eigenvalue weighted by Gasteiger charge is -2.40. The van der Waals surface area contributed by atoms with Crippen LogP contribution < -0.4 is 10.7 Å². The second-order valence-corrected chi connectivity index (χ2v) is 6.42. The van der Waals surface area contributed by atoms with Crippen LogP contribution >= 0.6 is 0 Å². The number of nitrogens with zero attached hydrogens (tertiary/aromatic N) is 3. The van der Waals surface area contributed by atoms with Gasteiger partial charge in [0.2, 0.25) is 11.8 Å². The number of hydrazine groups is 1. The number of rotatable bonds is 4. The number of amides is 2. The van der Waals surface area contributed by atoms with Gasteiger partial charge in [-0.1, -0.05) is 18.2 Å². The predicted molar refractivity (Wildman–Crippen MR) is 93.4 cm³/mol. The number of fused-ring (bicyclic) bond motifs is 1. The molecule has 134 valence electrons. The summed E-state index contributed by atoms with van der Waals surface area (Å²) < 4.78 is 1.82. The Morgan fingerprint density at radius 3 is 2.73 bits per heavy atom. The third-order valence-electron chi connectivity index (χ3n) is 4.81. The van der Waals surface area contributed by atoms with Gasteiger partial charge in [0.05, 0.1) is 12.0 Å². The normalized spacial score (nSPS) is 26.5. The molecule has 0 aliphatic carbocycles. The van der Waals surface area contributed by atoms with Crippen molar-refractivity contribution in [3.05, 3.63) is 60.6 Å². The number of anilines is 1. The lowest BCUT2D eigenvalue weighted by molar-refractivity contribution is -0.126. The van der Waals surface area contributed by atoms with Gasteiger partial charge in [0.25, 0.3) is 0 Å². The topological polar surface area (TPSA) is 99.5 Å². The number of carbonyl (C=O) groups is 2. The molecule has 2 aromatic heterocycles. The van der Waals surface area contributed by atoms with Crippen LogP contribution in [0.5, 0.6) is 0 Å². The van der Waals surface area contributed by atoms with Crippen molar-refractivity contribution in [1.82, 2.24) is 19.9 Å². The van der Waals surface area contributed by atoms with Crippen LogP contribution in [0, 0.1) is 5.92 Å². The first-order valence-electron chi connectivity index (χ1n) is 8.34. The van der Waals surface area contributed by atoms with Gasteiger partial charge >= 0.3 is 0 Å². The Hall–Kier alpha value is -2.97. The molecule has 8 nitrogen and oxygen atoms in total. The third kappa shape index (κ3) is 2.69. The largest absolute Gasteiger partial charge is 0.385 e. The minimum atomic E-state index is -0.896. The average Bonchev–Trinajstić information content (AvgIpc) is 3.19. The van der Waals surface area contributed by atoms with Gasteiger partial charge in [0.1, 0.15) is 18.0 Å². The molecule has 4 atom stereocenters. The maximum Gasteiger partial charge on any atom is 0.246 e. The Bertz CT molecular complexity index is 863. The Kier molecular flexibility index (Phi) is 4.06. The summed E-state index contributed by atoms with van der Waals surface area (Å²) >= 11 is 0. The van der Waals surface area contributed by atoms with Crippen molar-refractivity contribution in [3.8, 4) is 0 Å². The van der Waals surface area contributed by atoms with E-state index in [1.165, 1.54) is 0 Å². The van der Waals surface area contributed by atoms with Gasteiger partial charge in [-0.3, -0.25) is 14.9 Å². The average molecular weight is 353 g/mol. The van der Waals surface area contributed by atoms with Gasteiger partial charge in [-0.25, -0.2) is 4.98 Å². The highest BCUT2D eigenvalue weighted by Gasteiger charge is 2.49. The zero-order chi connectivity index (χ0) is 18.3. The first kappa shape index (κ1) is 16.5. The number of hydrogen-bond acceptors (Lipinski definition) is 6. The number of aliphatic hydroxyl groups is 1. The fraction of sp³-hybridized carbons (Fsp3) is 0.278. The highest BCUT2D eigenvalue weighted by Crippen LogP contribution is 2.33. The molecule has 0 spiro atoms. The molecule has 1 saturated heterocycles. The molecular weight excluding hydrogens is 334 g/mol. The molecule has 4 unspecified atom stereocenters. The number of nitrogens with one attached hydrogen (secondary N) is 2. The van der Waals surface area contributed by atoms with Crippen LogP contribution in [0.3, 0.4) is 0 Å². The summed E-state index contributed by atoms with van der Waals surface area (Å²) in [5.41, 5.74) is 3.81. The Morgan fingerprint density at radius 1 is 1.19 bits per heavy atom. The van der Waals surface area contributed by atoms with Gasteiger partial charge in [0.15, 0.2) is 0 Å². The van der Waals surface area contributed by atoms with Crippen LogP contribution in [0.15, 0.2) is 54.9 Å². The SMILES string of the molecule is Cn1cccc1C(O)C1C=CC2C(=O)NC(=O)C2N1Nc1ccccn1. The van der Waals surface area contributed by atoms with Gasteiger partial charge < -0.3 is 15.1 Å². The Labute approximate surface area is 150 Å². The first-order chi connectivity index (χ1) is 12.6. The van der Waals surface area contributed by atoms with E-state index in [0.717, 1.165) is 0 Å². The summed E-state index contributed by atoms with van der Waals surface area (Å²) in [6, 6.07) is 7.72. The van der Waals surface area contributed by atoms with Crippen LogP contribution in [0.2, 0.25) is 0 Å². The maximum absolute atomic E-state index is 12.4. The molecule has 0 bridgehead atoms. The zero-order valence-corrected chi connectivity index (χ0v) is 14.1. The number of aliphatic hydroxyl groups excluding tert-OH is 1. The number of aromatic nitrogens is 2. The number of hydrogen-bond donors (Lipinski definition) is 3. The van der Waals surface area contributed by atoms with Crippen molar-refractivity contribution in [2.45, 2.75) is 18.2 Å². The predicted octanol–water partition coefficient (Wildman–Crippen LogP) is 0.362. The molecule has 2 aliphatic rings. The van der Waals surface area contributed by atoms with Gasteiger partial charge in [-0.15, -0.1) is 0 Å². The maximum atomic E-state index is 12.4. The molecule has 2 amide bonds. The summed E-state index contributed by atoms with van der Waals surface area (Å²) in [6.45, 7) is 0. The zero-order valence-electron chi connectivity index (χ0n) is 14.1. The van der Waals surface area contributed by atoms with Crippen molar-refractivity contribution < 1.29 is 14.7 Å². The Morgan fingerprint density at radius 2 is 2.04 bits per heavy atom. The smallest absolute Gasteiger partial charge is 0.246 e. The van der Waals surface area contributed by atoms with E-state index in [4.69, 9.17) is 0 Å². The van der Waals surface area contributed by atoms with E-state index in [9.17, 15) is 14.7 Å². The molecular formula is C18H19N5O3. The number of carbonyl (C=O) groups excluding carboxylic acids is 2. The molecule has 8 heteroatoms. The molecule has 0 aromatic carbocycles. The van der Waals surface area contributed by atoms with E-state index in [-0.39, 0.29) is 5.91 Å². The standard InChI is InChI=1S/C18H19N5O3/c1-22-10-4-5-12(22)16(24)13-8-7-11-15(18(26)20-17(11)25)23(13)21-14-6-2-3-9-19-14/h2-11,13,15-16,24H,1H3,(H,19,21)(H,20,25,26). The summed E-state index contributed by atoms with van der Waals surface area (Å²) in [5.74, 6) is -0.805. The minimum absolute atomic E-state index is 0.337. The molecule has 4 heterocycles. The molecule has 26 heavy (non-hydrogen) atoms. The van der Waals surface area contributed by atoms with Crippen molar-refractivity contribution >= 4 is 17.6 Å². The third-order valence-corrected chi connectivity index (χ3v) is 4.81. The summed E-state index contributed by atoms with van der Waals surface area (Å²) in [7, 11) is 1.84. The summed E-state index contributed by atoms with van der Waals surface area (Å²) in [4.78, 5) is 28.7. The Balaban J connectivity index is 1.72. The van der Waals surface area contributed by atoms with E-state index in [1.54, 1.807) is 35.5 Å². The van der Waals surface area contributed by atoms with Crippen molar-refractivity contribution in [2.24, 2.45) is 13.0 Å². The molecule has 0 saturated carbocycles. The lowest BCUT2D eigenvalue weighted by atomic mass is 9.92. The summed E-state index contributed by atoms with van der Waals surface area (Å²) in [6.07, 6.45) is 6.02. The molecule has 2 aromatic rings. The van der Waals surface area contributed by atoms with E-state index in [1.807, 2.05) is 36.0 Å². The second-order valence-electron chi connectivity index (χ2n) is 6.42. The van der Waals surface area contributed by atoms with E-state index < -0.39 is 30.0 Å². The fourth-order valence-electron chi connectivity index (χ4n) is 3.51. The van der Waals surface area contributed by atoms with E-state index in [0.29, 0.717) is 11.5 Å². The van der Waals surface area contributed by atoms with E-state index in [2.05, 4.69) is 15.7 Å². The minimum Gasteiger partial charge on any atom is -0.385 e. The second kappa shape index (κ2) is 6.40. The fourth-order valence-corrected chi connectivity index (χ4v) is 3.51. The molecule has 0 radical (unpaired) electrons. The first-order valence-corrected chi connectivity index (χ1v) is 8.34. The van der Waals surface area contributed by atoms with Crippen LogP contribution in [-0.4, -0.2) is 43.6 Å². The monoisotopic (exact) mass is 353 g/mol. The van der Waals surface area contributed by atoms with Crippen LogP contribution in [-0.2, 0) is 16.6 Å². The highest BCUT2D eigenvalue weighted by molar-refractivity contribution is 6.08. The van der Waals surface area contributed by atoms with Crippen molar-refractivity contribution in [2.75, 3.05) is 5.43 Å². The van der Waals surface area contributed by atoms with Gasteiger partial charge in [0, 0.05) is 25.1 Å². The van der Waals surface area contributed by atoms with Crippen molar-refractivity contribution in [1.29, 1.82) is 0 Å². The number of aryl methyl sites for hydroxylation is 1. The van der Waals surface area contributed by atoms with Crippen LogP contribution in [0.25, 0.3) is 0 Å². The molecule has 1 fully saturated rings. The quantitative estimate of drug-likeness (QED) is 0.542.